The summed E-state index contributed by atoms with van der Waals surface area (Å²) < 4.78 is 0. The van der Waals surface area contributed by atoms with Crippen LogP contribution in [0.3, 0.4) is 0 Å². The molecule has 0 N–H and O–H groups in total. The maximum atomic E-state index is 4.28. The quantitative estimate of drug-likeness (QED) is 0.428. The van der Waals surface area contributed by atoms with E-state index in [4.69, 9.17) is 0 Å². The molecule has 1 heterocycles. The summed E-state index contributed by atoms with van der Waals surface area (Å²) in [5, 5.41) is 4.28. The van der Waals surface area contributed by atoms with Crippen LogP contribution >= 0.6 is 0 Å². The second-order valence-corrected chi connectivity index (χ2v) is 2.33. The molecule has 0 aromatic carbocycles. The molecule has 9 heavy (non-hydrogen) atoms. The minimum atomic E-state index is 0. The van der Waals surface area contributed by atoms with Crippen LogP contribution in [0.25, 0.3) is 5.32 Å². The van der Waals surface area contributed by atoms with Crippen molar-refractivity contribution in [2.45, 2.75) is 6.42 Å². The third-order valence-corrected chi connectivity index (χ3v) is 1.50. The van der Waals surface area contributed by atoms with Crippen LogP contribution in [0, 0.1) is 0 Å². The van der Waals surface area contributed by atoms with Crippen LogP contribution in [-0.2, 0) is 0 Å². The van der Waals surface area contributed by atoms with Crippen LogP contribution in [0.15, 0.2) is 0 Å². The van der Waals surface area contributed by atoms with Gasteiger partial charge in [-0.15, -0.1) is 13.1 Å². The third kappa shape index (κ3) is 5.05. The topological polar surface area (TPSA) is 17.3 Å². The van der Waals surface area contributed by atoms with E-state index in [0.29, 0.717) is 0 Å². The Kier molecular flexibility index (Phi) is 7.67. The second kappa shape index (κ2) is 6.44. The fraction of sp³-hybridized carbons (Fsp3) is 1.00. The Bertz CT molecular complexity index is 60.1. The normalized spacial score (nSPS) is 22.3. The number of nitrogens with zero attached hydrogens (tertiary/aromatic N) is 2. The van der Waals surface area contributed by atoms with E-state index in [1.54, 1.807) is 0 Å². The molecule has 1 aliphatic rings. The van der Waals surface area contributed by atoms with E-state index in [1.807, 2.05) is 0 Å². The Balaban J connectivity index is 0.000000640. The minimum absolute atomic E-state index is 0. The molecule has 2 nitrogen and oxygen atoms in total. The van der Waals surface area contributed by atoms with Gasteiger partial charge in [0.15, 0.2) is 0 Å². The number of rotatable bonds is 0. The molecular formula is C6H13N2Rb. The van der Waals surface area contributed by atoms with Crippen molar-refractivity contribution in [1.29, 1.82) is 0 Å². The van der Waals surface area contributed by atoms with Crippen molar-refractivity contribution in [2.24, 2.45) is 0 Å². The summed E-state index contributed by atoms with van der Waals surface area (Å²) in [5.74, 6) is 0. The van der Waals surface area contributed by atoms with E-state index in [-0.39, 0.29) is 58.2 Å². The first-order valence-electron chi connectivity index (χ1n) is 3.21. The van der Waals surface area contributed by atoms with Gasteiger partial charge >= 0.3 is 58.2 Å². The summed E-state index contributed by atoms with van der Waals surface area (Å²) in [6.45, 7) is 4.49. The van der Waals surface area contributed by atoms with E-state index < -0.39 is 0 Å². The zero-order valence-electron chi connectivity index (χ0n) is 6.43. The Labute approximate surface area is 106 Å². The van der Waals surface area contributed by atoms with Crippen LogP contribution in [0.2, 0.25) is 0 Å². The molecule has 0 spiro atoms. The Morgan fingerprint density at radius 3 is 2.78 bits per heavy atom. The first kappa shape index (κ1) is 10.7. The largest absolute Gasteiger partial charge is 1.00 e. The molecule has 3 heteroatoms. The maximum Gasteiger partial charge on any atom is 1.00 e. The van der Waals surface area contributed by atoms with Crippen molar-refractivity contribution in [3.63, 3.8) is 0 Å². The molecule has 48 valence electrons. The average Bonchev–Trinajstić information content (AvgIpc) is 1.94. The fourth-order valence-electron chi connectivity index (χ4n) is 0.917. The summed E-state index contributed by atoms with van der Waals surface area (Å²) in [7, 11) is 2.15. The van der Waals surface area contributed by atoms with Crippen molar-refractivity contribution >= 4 is 0 Å². The molecule has 1 fully saturated rings. The zero-order valence-corrected chi connectivity index (χ0v) is 11.3. The van der Waals surface area contributed by atoms with Crippen molar-refractivity contribution < 1.29 is 58.2 Å². The molecule has 0 bridgehead atoms. The maximum absolute atomic E-state index is 4.28. The Morgan fingerprint density at radius 1 is 1.22 bits per heavy atom. The van der Waals surface area contributed by atoms with Crippen molar-refractivity contribution in [1.82, 2.24) is 4.90 Å². The molecule has 0 aromatic rings. The standard InChI is InChI=1S/C6H13N2.Rb/c1-8-5-2-3-7-4-6-8;/h2-6H2,1H3;/q-1;+1. The van der Waals surface area contributed by atoms with Crippen LogP contribution in [0.1, 0.15) is 6.42 Å². The molecule has 0 unspecified atom stereocenters. The van der Waals surface area contributed by atoms with E-state index in [0.717, 1.165) is 19.6 Å². The van der Waals surface area contributed by atoms with Gasteiger partial charge in [0.2, 0.25) is 0 Å². The molecular weight excluding hydrogens is 186 g/mol. The minimum Gasteiger partial charge on any atom is -0.661 e. The van der Waals surface area contributed by atoms with Crippen LogP contribution in [0.5, 0.6) is 0 Å². The SMILES string of the molecule is CN1CCC[N-]CC1.[Rb+]. The smallest absolute Gasteiger partial charge is 0.661 e. The predicted octanol–water partition coefficient (Wildman–Crippen LogP) is -2.30. The van der Waals surface area contributed by atoms with Gasteiger partial charge in [-0.05, 0) is 20.1 Å². The summed E-state index contributed by atoms with van der Waals surface area (Å²) >= 11 is 0. The molecule has 0 radical (unpaired) electrons. The monoisotopic (exact) mass is 198 g/mol. The summed E-state index contributed by atoms with van der Waals surface area (Å²) in [4.78, 5) is 2.33. The van der Waals surface area contributed by atoms with Crippen LogP contribution in [-0.4, -0.2) is 38.1 Å². The van der Waals surface area contributed by atoms with Gasteiger partial charge in [0, 0.05) is 0 Å². The zero-order chi connectivity index (χ0) is 5.82. The van der Waals surface area contributed by atoms with Crippen LogP contribution in [0.4, 0.5) is 0 Å². The predicted molar refractivity (Wildman–Crippen MR) is 35.2 cm³/mol. The van der Waals surface area contributed by atoms with Gasteiger partial charge in [-0.25, -0.2) is 0 Å². The van der Waals surface area contributed by atoms with E-state index in [9.17, 15) is 0 Å². The van der Waals surface area contributed by atoms with Gasteiger partial charge in [0.05, 0.1) is 0 Å². The number of hydrogen-bond acceptors (Lipinski definition) is 1. The van der Waals surface area contributed by atoms with Gasteiger partial charge in [0.25, 0.3) is 0 Å². The average molecular weight is 199 g/mol. The molecule has 0 aromatic heterocycles. The molecule has 1 aliphatic heterocycles. The number of likely N-dealkylation sites (N-methyl/N-ethyl adjacent to an activating group) is 1. The summed E-state index contributed by atoms with van der Waals surface area (Å²) in [5.41, 5.74) is 0. The first-order chi connectivity index (χ1) is 3.89. The van der Waals surface area contributed by atoms with Crippen molar-refractivity contribution in [3.8, 4) is 0 Å². The molecule has 0 saturated carbocycles. The van der Waals surface area contributed by atoms with Gasteiger partial charge < -0.3 is 10.2 Å². The number of hydrogen-bond donors (Lipinski definition) is 0. The molecule has 1 rings (SSSR count). The van der Waals surface area contributed by atoms with Crippen LogP contribution < -0.4 is 58.2 Å². The van der Waals surface area contributed by atoms with Gasteiger partial charge in [0.1, 0.15) is 0 Å². The van der Waals surface area contributed by atoms with E-state index in [1.165, 1.54) is 13.0 Å². The van der Waals surface area contributed by atoms with E-state index in [2.05, 4.69) is 17.3 Å². The summed E-state index contributed by atoms with van der Waals surface area (Å²) in [6, 6.07) is 0. The van der Waals surface area contributed by atoms with Crippen molar-refractivity contribution in [2.75, 3.05) is 33.2 Å². The van der Waals surface area contributed by atoms with Crippen molar-refractivity contribution in [3.05, 3.63) is 5.32 Å². The fourth-order valence-corrected chi connectivity index (χ4v) is 0.917. The van der Waals surface area contributed by atoms with Gasteiger partial charge in [-0.1, -0.05) is 6.42 Å². The molecule has 0 atom stereocenters. The molecule has 0 aliphatic carbocycles. The first-order valence-corrected chi connectivity index (χ1v) is 3.21. The van der Waals surface area contributed by atoms with E-state index >= 15 is 0 Å². The third-order valence-electron chi connectivity index (χ3n) is 1.50. The van der Waals surface area contributed by atoms with Gasteiger partial charge in [-0.2, -0.15) is 0 Å². The second-order valence-electron chi connectivity index (χ2n) is 2.33. The Hall–Kier alpha value is 1.73. The summed E-state index contributed by atoms with van der Waals surface area (Å²) in [6.07, 6.45) is 1.25. The Morgan fingerprint density at radius 2 is 2.00 bits per heavy atom. The van der Waals surface area contributed by atoms with Gasteiger partial charge in [-0.3, -0.25) is 0 Å². The molecule has 0 amide bonds. The molecule has 1 saturated heterocycles.